The largest absolute Gasteiger partial charge is 0.303 e. The van der Waals surface area contributed by atoms with Gasteiger partial charge >= 0.3 is 0 Å². The first kappa shape index (κ1) is 11.2. The highest BCUT2D eigenvalue weighted by molar-refractivity contribution is 6.69. The van der Waals surface area contributed by atoms with Gasteiger partial charge in [-0.2, -0.15) is 0 Å². The molecule has 0 aromatic heterocycles. The van der Waals surface area contributed by atoms with E-state index < -0.39 is 12.0 Å². The third-order valence-corrected chi connectivity index (χ3v) is 1.88. The third-order valence-electron chi connectivity index (χ3n) is 1.47. The van der Waals surface area contributed by atoms with Crippen LogP contribution in [0.4, 0.5) is 0 Å². The Morgan fingerprint density at radius 3 is 2.53 bits per heavy atom. The van der Waals surface area contributed by atoms with Crippen LogP contribution in [0.25, 0.3) is 20.9 Å². The minimum absolute atomic E-state index is 0.252. The van der Waals surface area contributed by atoms with Gasteiger partial charge in [0.2, 0.25) is 6.29 Å². The summed E-state index contributed by atoms with van der Waals surface area (Å²) in [4.78, 5) is 12.2. The zero-order valence-electron chi connectivity index (χ0n) is 7.19. The Labute approximate surface area is 87.9 Å². The van der Waals surface area contributed by atoms with Crippen LogP contribution in [0.15, 0.2) is 20.2 Å². The quantitative estimate of drug-likeness (QED) is 0.289. The SMILES string of the molecule is [N-]=[N+]=NC1=NC(N=[N+]=[N-])N=C(Cl)C1(N)N. The molecule has 1 aliphatic heterocycles. The molecule has 0 aliphatic carbocycles. The number of hydrogen-bond acceptors (Lipinski definition) is 6. The van der Waals surface area contributed by atoms with Gasteiger partial charge in [-0.1, -0.05) is 11.6 Å². The fraction of sp³-hybridized carbons (Fsp3) is 0.500. The van der Waals surface area contributed by atoms with Gasteiger partial charge in [0.05, 0.1) is 0 Å². The highest BCUT2D eigenvalue weighted by Crippen LogP contribution is 2.15. The number of rotatable bonds is 1. The normalized spacial score (nSPS) is 23.0. The van der Waals surface area contributed by atoms with Gasteiger partial charge in [-0.25, -0.2) is 4.99 Å². The van der Waals surface area contributed by atoms with Crippen LogP contribution in [0.5, 0.6) is 0 Å². The van der Waals surface area contributed by atoms with E-state index in [9.17, 15) is 0 Å². The number of amidine groups is 1. The number of hydrogen-bond donors (Lipinski definition) is 2. The smallest absolute Gasteiger partial charge is 0.219 e. The lowest BCUT2D eigenvalue weighted by Gasteiger charge is -2.26. The predicted octanol–water partition coefficient (Wildman–Crippen LogP) is 0.554. The van der Waals surface area contributed by atoms with Crippen LogP contribution in [-0.4, -0.2) is 23.0 Å². The third kappa shape index (κ3) is 2.15. The topological polar surface area (TPSA) is 174 Å². The van der Waals surface area contributed by atoms with Crippen LogP contribution in [0.2, 0.25) is 0 Å². The number of azide groups is 2. The summed E-state index contributed by atoms with van der Waals surface area (Å²) in [6.45, 7) is 0. The van der Waals surface area contributed by atoms with E-state index in [2.05, 4.69) is 30.0 Å². The van der Waals surface area contributed by atoms with Gasteiger partial charge in [0.25, 0.3) is 0 Å². The summed E-state index contributed by atoms with van der Waals surface area (Å²) in [6, 6.07) is 0. The summed E-state index contributed by atoms with van der Waals surface area (Å²) in [5, 5.41) is 6.06. The van der Waals surface area contributed by atoms with Crippen LogP contribution in [0.1, 0.15) is 0 Å². The summed E-state index contributed by atoms with van der Waals surface area (Å²) in [7, 11) is 0. The molecule has 0 radical (unpaired) electrons. The molecule has 11 heteroatoms. The molecule has 0 fully saturated rings. The van der Waals surface area contributed by atoms with Crippen molar-refractivity contribution < 1.29 is 0 Å². The van der Waals surface area contributed by atoms with Crippen LogP contribution in [0.3, 0.4) is 0 Å². The summed E-state index contributed by atoms with van der Waals surface area (Å²) >= 11 is 5.62. The number of halogens is 1. The van der Waals surface area contributed by atoms with Crippen molar-refractivity contribution in [1.82, 2.24) is 0 Å². The Morgan fingerprint density at radius 1 is 1.33 bits per heavy atom. The van der Waals surface area contributed by atoms with Gasteiger partial charge in [-0.15, -0.1) is 0 Å². The van der Waals surface area contributed by atoms with E-state index in [1.165, 1.54) is 0 Å². The maximum Gasteiger partial charge on any atom is 0.219 e. The molecular formula is C4H5ClN10. The highest BCUT2D eigenvalue weighted by atomic mass is 35.5. The van der Waals surface area contributed by atoms with E-state index >= 15 is 0 Å². The van der Waals surface area contributed by atoms with Crippen molar-refractivity contribution in [3.8, 4) is 0 Å². The van der Waals surface area contributed by atoms with Gasteiger partial charge in [-0.05, 0) is 21.3 Å². The molecule has 10 nitrogen and oxygen atoms in total. The molecule has 0 amide bonds. The lowest BCUT2D eigenvalue weighted by atomic mass is 10.2. The minimum Gasteiger partial charge on any atom is -0.303 e. The number of aliphatic imine (C=N–C) groups is 2. The molecule has 1 atom stereocenters. The van der Waals surface area contributed by atoms with E-state index in [0.717, 1.165) is 0 Å². The lowest BCUT2D eigenvalue weighted by Crippen LogP contribution is -2.62. The first-order chi connectivity index (χ1) is 7.02. The van der Waals surface area contributed by atoms with Crippen molar-refractivity contribution in [1.29, 1.82) is 0 Å². The Kier molecular flexibility index (Phi) is 3.10. The summed E-state index contributed by atoms with van der Waals surface area (Å²) in [6.07, 6.45) is -1.15. The van der Waals surface area contributed by atoms with E-state index in [1.807, 2.05) is 0 Å². The molecule has 1 aliphatic rings. The molecule has 0 aromatic carbocycles. The van der Waals surface area contributed by atoms with Gasteiger partial charge in [0.15, 0.2) is 5.66 Å². The van der Waals surface area contributed by atoms with Crippen molar-refractivity contribution in [3.05, 3.63) is 20.9 Å². The van der Waals surface area contributed by atoms with Crippen LogP contribution < -0.4 is 11.5 Å². The Balaban J connectivity index is 3.21. The maximum absolute atomic E-state index is 8.23. The van der Waals surface area contributed by atoms with Crippen molar-refractivity contribution >= 4 is 22.6 Å². The first-order valence-corrected chi connectivity index (χ1v) is 3.89. The van der Waals surface area contributed by atoms with Gasteiger partial charge < -0.3 is 11.5 Å². The molecule has 0 spiro atoms. The maximum atomic E-state index is 8.23. The molecule has 78 valence electrons. The molecule has 0 bridgehead atoms. The molecule has 0 saturated heterocycles. The highest BCUT2D eigenvalue weighted by Gasteiger charge is 2.35. The fourth-order valence-electron chi connectivity index (χ4n) is 0.794. The van der Waals surface area contributed by atoms with Crippen LogP contribution in [-0.2, 0) is 0 Å². The number of nitrogens with zero attached hydrogens (tertiary/aromatic N) is 8. The second-order valence-electron chi connectivity index (χ2n) is 2.48. The Bertz CT molecular complexity index is 421. The molecule has 4 N–H and O–H groups in total. The van der Waals surface area contributed by atoms with Gasteiger partial charge in [0.1, 0.15) is 11.0 Å². The van der Waals surface area contributed by atoms with Gasteiger partial charge in [-0.3, -0.25) is 4.99 Å². The fourth-order valence-corrected chi connectivity index (χ4v) is 0.966. The molecule has 1 rings (SSSR count). The molecular weight excluding hydrogens is 224 g/mol. The van der Waals surface area contributed by atoms with E-state index in [0.29, 0.717) is 0 Å². The monoisotopic (exact) mass is 228 g/mol. The average molecular weight is 229 g/mol. The van der Waals surface area contributed by atoms with Crippen molar-refractivity contribution in [3.63, 3.8) is 0 Å². The van der Waals surface area contributed by atoms with Crippen LogP contribution >= 0.6 is 11.6 Å². The van der Waals surface area contributed by atoms with Gasteiger partial charge in [0, 0.05) is 9.82 Å². The average Bonchev–Trinajstić information content (AvgIpc) is 2.15. The summed E-state index contributed by atoms with van der Waals surface area (Å²) in [5.41, 5.74) is 25.6. The molecule has 15 heavy (non-hydrogen) atoms. The summed E-state index contributed by atoms with van der Waals surface area (Å²) in [5.74, 6) is -0.289. The molecule has 1 heterocycles. The zero-order valence-corrected chi connectivity index (χ0v) is 7.94. The van der Waals surface area contributed by atoms with E-state index in [-0.39, 0.29) is 11.0 Å². The van der Waals surface area contributed by atoms with Crippen LogP contribution in [0, 0.1) is 0 Å². The first-order valence-electron chi connectivity index (χ1n) is 3.51. The molecule has 0 saturated carbocycles. The Morgan fingerprint density at radius 2 is 2.00 bits per heavy atom. The van der Waals surface area contributed by atoms with Crippen molar-refractivity contribution in [2.75, 3.05) is 0 Å². The predicted molar refractivity (Wildman–Crippen MR) is 53.9 cm³/mol. The van der Waals surface area contributed by atoms with Crippen molar-refractivity contribution in [2.24, 2.45) is 31.7 Å². The zero-order chi connectivity index (χ0) is 11.5. The minimum atomic E-state index is -1.75. The lowest BCUT2D eigenvalue weighted by molar-refractivity contribution is 0.670. The summed E-state index contributed by atoms with van der Waals surface area (Å²) < 4.78 is 0. The second-order valence-corrected chi connectivity index (χ2v) is 2.84. The number of nitrogens with two attached hydrogens (primary N) is 2. The van der Waals surface area contributed by atoms with E-state index in [1.54, 1.807) is 0 Å². The Hall–Kier alpha value is -1.83. The molecule has 0 aromatic rings. The molecule has 1 unspecified atom stereocenters. The second kappa shape index (κ2) is 4.13. The van der Waals surface area contributed by atoms with Crippen molar-refractivity contribution in [2.45, 2.75) is 12.0 Å². The standard InChI is InChI=1S/C4H5ClN10/c5-1-4(6,7)2(12-14-8)11-3(10-1)13-15-9/h3H,6-7H2. The van der Waals surface area contributed by atoms with E-state index in [4.69, 9.17) is 34.1 Å².